The van der Waals surface area contributed by atoms with Gasteiger partial charge in [0.1, 0.15) is 11.4 Å². The molecular weight excluding hydrogens is 381 g/mol. The van der Waals surface area contributed by atoms with Gasteiger partial charge in [0.05, 0.1) is 10.9 Å². The molecule has 0 atom stereocenters. The summed E-state index contributed by atoms with van der Waals surface area (Å²) in [5.41, 5.74) is 2.49. The van der Waals surface area contributed by atoms with Crippen LogP contribution < -0.4 is 10.7 Å². The average Bonchev–Trinajstić information content (AvgIpc) is 2.64. The maximum absolute atomic E-state index is 13.3. The van der Waals surface area contributed by atoms with Crippen molar-refractivity contribution in [2.24, 2.45) is 0 Å². The van der Waals surface area contributed by atoms with Crippen LogP contribution in [0.3, 0.4) is 0 Å². The van der Waals surface area contributed by atoms with Crippen molar-refractivity contribution in [2.75, 3.05) is 17.6 Å². The molecule has 0 unspecified atom stereocenters. The minimum atomic E-state index is -1.20. The molecule has 146 valence electrons. The molecule has 28 heavy (non-hydrogen) atoms. The van der Waals surface area contributed by atoms with E-state index in [-0.39, 0.29) is 11.0 Å². The van der Waals surface area contributed by atoms with Gasteiger partial charge in [-0.3, -0.25) is 4.79 Å². The van der Waals surface area contributed by atoms with Gasteiger partial charge in [0.25, 0.3) is 0 Å². The number of fused-ring (bicyclic) bond motifs is 1. The molecule has 0 fully saturated rings. The number of rotatable bonds is 7. The van der Waals surface area contributed by atoms with E-state index in [1.54, 1.807) is 6.07 Å². The summed E-state index contributed by atoms with van der Waals surface area (Å²) in [5, 5.41) is 13.4. The third-order valence-corrected chi connectivity index (χ3v) is 5.01. The number of aryl methyl sites for hydroxylation is 1. The molecule has 0 aliphatic carbocycles. The molecule has 0 aliphatic rings. The van der Waals surface area contributed by atoms with Gasteiger partial charge in [-0.25, -0.2) is 9.18 Å². The Labute approximate surface area is 165 Å². The van der Waals surface area contributed by atoms with Crippen LogP contribution in [-0.4, -0.2) is 23.4 Å². The monoisotopic (exact) mass is 401 g/mol. The number of carboxylic acids is 1. The maximum Gasteiger partial charge on any atom is 0.337 e. The Morgan fingerprint density at radius 2 is 2.04 bits per heavy atom. The number of halogens is 1. The van der Waals surface area contributed by atoms with Crippen LogP contribution in [0.4, 0.5) is 10.1 Å². The van der Waals surface area contributed by atoms with Crippen molar-refractivity contribution in [3.63, 3.8) is 0 Å². The van der Waals surface area contributed by atoms with Gasteiger partial charge in [-0.1, -0.05) is 24.8 Å². The summed E-state index contributed by atoms with van der Waals surface area (Å²) in [6, 6.07) is 8.88. The Balaban J connectivity index is 1.89. The van der Waals surface area contributed by atoms with Gasteiger partial charge < -0.3 is 14.8 Å². The third-order valence-electron chi connectivity index (χ3n) is 4.24. The van der Waals surface area contributed by atoms with Crippen molar-refractivity contribution >= 4 is 34.4 Å². The fraction of sp³-hybridized carbons (Fsp3) is 0.238. The Morgan fingerprint density at radius 1 is 1.25 bits per heavy atom. The second-order valence-electron chi connectivity index (χ2n) is 6.34. The van der Waals surface area contributed by atoms with Crippen molar-refractivity contribution in [2.45, 2.75) is 25.4 Å². The number of hydrogen-bond donors (Lipinski definition) is 2. The van der Waals surface area contributed by atoms with Gasteiger partial charge in [-0.2, -0.15) is 0 Å². The fourth-order valence-electron chi connectivity index (χ4n) is 3.05. The molecule has 7 heteroatoms. The number of anilines is 1. The zero-order valence-corrected chi connectivity index (χ0v) is 16.4. The summed E-state index contributed by atoms with van der Waals surface area (Å²) in [7, 11) is 0. The molecule has 5 nitrogen and oxygen atoms in total. The van der Waals surface area contributed by atoms with Crippen LogP contribution in [0.25, 0.3) is 11.0 Å². The minimum absolute atomic E-state index is 0.0817. The largest absolute Gasteiger partial charge is 0.478 e. The smallest absolute Gasteiger partial charge is 0.337 e. The van der Waals surface area contributed by atoms with Crippen molar-refractivity contribution in [3.05, 3.63) is 69.1 Å². The van der Waals surface area contributed by atoms with Crippen LogP contribution in [0.15, 0.2) is 50.7 Å². The molecule has 3 aromatic rings. The number of hydrogen-bond acceptors (Lipinski definition) is 5. The molecule has 1 aromatic heterocycles. The Morgan fingerprint density at radius 3 is 2.75 bits per heavy atom. The number of nitrogens with one attached hydrogen (secondary N) is 1. The van der Waals surface area contributed by atoms with E-state index in [9.17, 15) is 19.1 Å². The molecule has 0 saturated heterocycles. The van der Waals surface area contributed by atoms with E-state index in [2.05, 4.69) is 5.32 Å². The highest BCUT2D eigenvalue weighted by atomic mass is 32.2. The molecule has 2 N–H and O–H groups in total. The van der Waals surface area contributed by atoms with E-state index in [4.69, 9.17) is 4.42 Å². The summed E-state index contributed by atoms with van der Waals surface area (Å²) < 4.78 is 19.3. The second-order valence-corrected chi connectivity index (χ2v) is 7.60. The zero-order valence-electron chi connectivity index (χ0n) is 15.5. The lowest BCUT2D eigenvalue weighted by Gasteiger charge is -2.12. The first-order chi connectivity index (χ1) is 13.4. The minimum Gasteiger partial charge on any atom is -0.478 e. The number of thioether (sulfide) groups is 1. The Hall–Kier alpha value is -2.80. The highest BCUT2D eigenvalue weighted by Gasteiger charge is 2.13. The molecule has 0 bridgehead atoms. The van der Waals surface area contributed by atoms with Crippen molar-refractivity contribution in [1.82, 2.24) is 0 Å². The number of carboxylic acid groups (broad SMARTS) is 1. The lowest BCUT2D eigenvalue weighted by Crippen LogP contribution is -2.11. The Bertz CT molecular complexity index is 1090. The molecule has 3 rings (SSSR count). The predicted molar refractivity (Wildman–Crippen MR) is 109 cm³/mol. The molecular formula is C21H20FNO4S. The molecule has 2 aromatic carbocycles. The van der Waals surface area contributed by atoms with Crippen LogP contribution in [-0.2, 0) is 6.42 Å². The van der Waals surface area contributed by atoms with E-state index in [1.807, 2.05) is 19.9 Å². The first-order valence-corrected chi connectivity index (χ1v) is 9.84. The van der Waals surface area contributed by atoms with E-state index in [1.165, 1.54) is 30.0 Å². The van der Waals surface area contributed by atoms with E-state index in [0.29, 0.717) is 34.7 Å². The van der Waals surface area contributed by atoms with Gasteiger partial charge in [0, 0.05) is 18.3 Å². The van der Waals surface area contributed by atoms with Crippen molar-refractivity contribution in [3.8, 4) is 0 Å². The van der Waals surface area contributed by atoms with Crippen LogP contribution in [0.2, 0.25) is 0 Å². The van der Waals surface area contributed by atoms with Gasteiger partial charge in [0.2, 0.25) is 0 Å². The van der Waals surface area contributed by atoms with E-state index in [0.717, 1.165) is 22.9 Å². The van der Waals surface area contributed by atoms with Crippen LogP contribution in [0.1, 0.15) is 28.4 Å². The predicted octanol–water partition coefficient (Wildman–Crippen LogP) is 4.71. The first kappa shape index (κ1) is 19.9. The number of benzene rings is 2. The lowest BCUT2D eigenvalue weighted by atomic mass is 10.0. The highest BCUT2D eigenvalue weighted by Crippen LogP contribution is 2.25. The zero-order chi connectivity index (χ0) is 20.3. The van der Waals surface area contributed by atoms with Crippen LogP contribution in [0.5, 0.6) is 0 Å². The standard InChI is InChI=1S/C21H20FNO4S/c1-3-28-19-11-18(24)16-9-12(2)8-13(20(16)27-19)6-7-23-17-5-4-14(22)10-15(17)21(25)26/h4-5,8-11,23H,3,6-7H2,1-2H3,(H,25,26). The summed E-state index contributed by atoms with van der Waals surface area (Å²) >= 11 is 1.46. The second kappa shape index (κ2) is 8.48. The first-order valence-electron chi connectivity index (χ1n) is 8.86. The third kappa shape index (κ3) is 4.36. The summed E-state index contributed by atoms with van der Waals surface area (Å²) in [6.45, 7) is 4.30. The van der Waals surface area contributed by atoms with Crippen molar-refractivity contribution < 1.29 is 18.7 Å². The quantitative estimate of drug-likeness (QED) is 0.559. The number of aromatic carboxylic acids is 1. The average molecular weight is 401 g/mol. The molecule has 0 spiro atoms. The summed E-state index contributed by atoms with van der Waals surface area (Å²) in [5.74, 6) is -1.01. The molecule has 0 amide bonds. The molecule has 0 saturated carbocycles. The lowest BCUT2D eigenvalue weighted by molar-refractivity contribution is 0.0697. The molecule has 0 aliphatic heterocycles. The van der Waals surface area contributed by atoms with Gasteiger partial charge >= 0.3 is 5.97 Å². The molecule has 1 heterocycles. The van der Waals surface area contributed by atoms with Crippen molar-refractivity contribution in [1.29, 1.82) is 0 Å². The maximum atomic E-state index is 13.3. The summed E-state index contributed by atoms with van der Waals surface area (Å²) in [4.78, 5) is 23.7. The topological polar surface area (TPSA) is 79.5 Å². The van der Waals surface area contributed by atoms with Crippen LogP contribution in [0, 0.1) is 12.7 Å². The summed E-state index contributed by atoms with van der Waals surface area (Å²) in [6.07, 6.45) is 0.512. The fourth-order valence-corrected chi connectivity index (χ4v) is 3.66. The number of carbonyl (C=O) groups is 1. The van der Waals surface area contributed by atoms with Crippen LogP contribution >= 0.6 is 11.8 Å². The van der Waals surface area contributed by atoms with E-state index >= 15 is 0 Å². The Kier molecular flexibility index (Phi) is 6.04. The van der Waals surface area contributed by atoms with Gasteiger partial charge in [-0.15, -0.1) is 0 Å². The molecule has 0 radical (unpaired) electrons. The SMILES string of the molecule is CCSc1cc(=O)c2cc(C)cc(CCNc3ccc(F)cc3C(=O)O)c2o1. The normalized spacial score (nSPS) is 11.0. The highest BCUT2D eigenvalue weighted by molar-refractivity contribution is 7.99. The van der Waals surface area contributed by atoms with Gasteiger partial charge in [-0.05, 0) is 54.5 Å². The van der Waals surface area contributed by atoms with Gasteiger partial charge in [0.15, 0.2) is 10.5 Å². The van der Waals surface area contributed by atoms with E-state index < -0.39 is 11.8 Å².